The van der Waals surface area contributed by atoms with E-state index in [1.54, 1.807) is 6.07 Å². The number of hydrogen-bond donors (Lipinski definition) is 2. The van der Waals surface area contributed by atoms with Gasteiger partial charge in [0.1, 0.15) is 11.3 Å². The zero-order valence-electron chi connectivity index (χ0n) is 13.2. The minimum atomic E-state index is -4.02. The first kappa shape index (κ1) is 16.7. The van der Waals surface area contributed by atoms with E-state index in [0.29, 0.717) is 12.2 Å². The molecule has 1 aromatic heterocycles. The number of aryl methyl sites for hydroxylation is 1. The Balaban J connectivity index is 1.79. The lowest BCUT2D eigenvalue weighted by molar-refractivity contribution is -0.148. The number of aliphatic carboxylic acids is 1. The Morgan fingerprint density at radius 1 is 1.25 bits per heavy atom. The molecule has 0 spiro atoms. The summed E-state index contributed by atoms with van der Waals surface area (Å²) in [7, 11) is -4.02. The largest absolute Gasteiger partial charge is 0.480 e. The van der Waals surface area contributed by atoms with Crippen LogP contribution in [0.4, 0.5) is 0 Å². The van der Waals surface area contributed by atoms with Gasteiger partial charge in [0.2, 0.25) is 5.09 Å². The van der Waals surface area contributed by atoms with Gasteiger partial charge in [0, 0.05) is 6.42 Å². The van der Waals surface area contributed by atoms with Crippen LogP contribution in [-0.2, 0) is 21.2 Å². The monoisotopic (exact) mass is 349 g/mol. The first-order valence-electron chi connectivity index (χ1n) is 7.77. The van der Waals surface area contributed by atoms with Crippen molar-refractivity contribution in [1.82, 2.24) is 4.72 Å². The zero-order chi connectivity index (χ0) is 17.4. The molecule has 0 unspecified atom stereocenters. The molecule has 6 nitrogen and oxygen atoms in total. The molecule has 128 valence electrons. The summed E-state index contributed by atoms with van der Waals surface area (Å²) in [5.74, 6) is -0.608. The number of carbonyl (C=O) groups is 1. The smallest absolute Gasteiger partial charge is 0.324 e. The minimum absolute atomic E-state index is 0.0211. The van der Waals surface area contributed by atoms with Gasteiger partial charge in [-0.2, -0.15) is 4.72 Å². The first-order valence-corrected chi connectivity index (χ1v) is 9.26. The Morgan fingerprint density at radius 2 is 1.92 bits per heavy atom. The molecule has 2 aromatic rings. The van der Waals surface area contributed by atoms with E-state index in [-0.39, 0.29) is 23.9 Å². The molecule has 1 saturated carbocycles. The Kier molecular flexibility index (Phi) is 4.23. The van der Waals surface area contributed by atoms with Gasteiger partial charge in [-0.05, 0) is 36.5 Å². The second kappa shape index (κ2) is 6.07. The maximum Gasteiger partial charge on any atom is 0.324 e. The van der Waals surface area contributed by atoms with Crippen LogP contribution in [0.2, 0.25) is 0 Å². The number of carboxylic acids is 1. The van der Waals surface area contributed by atoms with E-state index < -0.39 is 21.5 Å². The molecule has 1 heterocycles. The van der Waals surface area contributed by atoms with Crippen LogP contribution in [-0.4, -0.2) is 25.0 Å². The molecule has 0 atom stereocenters. The lowest BCUT2D eigenvalue weighted by Crippen LogP contribution is -2.61. The predicted molar refractivity (Wildman–Crippen MR) is 87.2 cm³/mol. The molecular formula is C17H19NO5S. The van der Waals surface area contributed by atoms with E-state index in [9.17, 15) is 18.3 Å². The van der Waals surface area contributed by atoms with Crippen LogP contribution in [0, 0.1) is 0 Å². The Hall–Kier alpha value is -2.12. The average Bonchev–Trinajstić information content (AvgIpc) is 3.01. The molecule has 24 heavy (non-hydrogen) atoms. The zero-order valence-corrected chi connectivity index (χ0v) is 14.0. The lowest BCUT2D eigenvalue weighted by atomic mass is 9.66. The highest BCUT2D eigenvalue weighted by molar-refractivity contribution is 7.89. The van der Waals surface area contributed by atoms with Crippen LogP contribution in [0.5, 0.6) is 0 Å². The fourth-order valence-corrected chi connectivity index (χ4v) is 4.38. The number of furan rings is 1. The van der Waals surface area contributed by atoms with Crippen LogP contribution in [0.1, 0.15) is 37.0 Å². The van der Waals surface area contributed by atoms with Gasteiger partial charge in [0.15, 0.2) is 0 Å². The molecule has 0 bridgehead atoms. The van der Waals surface area contributed by atoms with E-state index in [0.717, 1.165) is 5.56 Å². The quantitative estimate of drug-likeness (QED) is 0.835. The van der Waals surface area contributed by atoms with Crippen LogP contribution in [0.15, 0.2) is 52.0 Å². The Labute approximate surface area is 140 Å². The summed E-state index contributed by atoms with van der Waals surface area (Å²) in [6, 6.07) is 12.4. The molecule has 3 rings (SSSR count). The van der Waals surface area contributed by atoms with Gasteiger partial charge in [0.05, 0.1) is 0 Å². The van der Waals surface area contributed by atoms with Gasteiger partial charge in [-0.3, -0.25) is 4.79 Å². The highest BCUT2D eigenvalue weighted by Crippen LogP contribution is 2.45. The van der Waals surface area contributed by atoms with E-state index in [4.69, 9.17) is 4.42 Å². The predicted octanol–water partition coefficient (Wildman–Crippen LogP) is 2.52. The van der Waals surface area contributed by atoms with Crippen molar-refractivity contribution in [3.05, 3.63) is 53.8 Å². The Bertz CT molecular complexity index is 835. The van der Waals surface area contributed by atoms with Crippen molar-refractivity contribution >= 4 is 16.0 Å². The van der Waals surface area contributed by atoms with Gasteiger partial charge >= 0.3 is 5.97 Å². The van der Waals surface area contributed by atoms with Crippen molar-refractivity contribution in [3.8, 4) is 0 Å². The SMILES string of the molecule is CCc1ccc(S(=O)(=O)NC2(C(=O)O)CC(c3ccccc3)C2)o1. The van der Waals surface area contributed by atoms with Gasteiger partial charge in [-0.15, -0.1) is 0 Å². The number of nitrogens with one attached hydrogen (secondary N) is 1. The van der Waals surface area contributed by atoms with Gasteiger partial charge in [0.25, 0.3) is 10.0 Å². The topological polar surface area (TPSA) is 96.6 Å². The number of sulfonamides is 1. The fourth-order valence-electron chi connectivity index (χ4n) is 3.04. The number of hydrogen-bond acceptors (Lipinski definition) is 4. The summed E-state index contributed by atoms with van der Waals surface area (Å²) >= 11 is 0. The molecule has 7 heteroatoms. The average molecular weight is 349 g/mol. The molecule has 0 aliphatic heterocycles. The van der Waals surface area contributed by atoms with E-state index in [1.165, 1.54) is 6.07 Å². The van der Waals surface area contributed by atoms with Gasteiger partial charge in [-0.25, -0.2) is 8.42 Å². The van der Waals surface area contributed by atoms with Crippen LogP contribution in [0.3, 0.4) is 0 Å². The van der Waals surface area contributed by atoms with E-state index in [2.05, 4.69) is 4.72 Å². The third-order valence-corrected chi connectivity index (χ3v) is 5.86. The lowest BCUT2D eigenvalue weighted by Gasteiger charge is -2.44. The maximum atomic E-state index is 12.4. The molecule has 0 amide bonds. The van der Waals surface area contributed by atoms with Crippen molar-refractivity contribution < 1.29 is 22.7 Å². The summed E-state index contributed by atoms with van der Waals surface area (Å²) in [6.45, 7) is 1.85. The highest BCUT2D eigenvalue weighted by atomic mass is 32.2. The summed E-state index contributed by atoms with van der Waals surface area (Å²) in [5, 5.41) is 9.31. The van der Waals surface area contributed by atoms with Crippen LogP contribution in [0.25, 0.3) is 0 Å². The molecule has 0 radical (unpaired) electrons. The fraction of sp³-hybridized carbons (Fsp3) is 0.353. The maximum absolute atomic E-state index is 12.4. The molecule has 1 aliphatic rings. The van der Waals surface area contributed by atoms with Crippen molar-refractivity contribution in [3.63, 3.8) is 0 Å². The first-order chi connectivity index (χ1) is 11.4. The summed E-state index contributed by atoms with van der Waals surface area (Å²) < 4.78 is 32.5. The standard InChI is InChI=1S/C17H19NO5S/c1-2-14-8-9-15(23-14)24(21,22)18-17(16(19)20)10-13(11-17)12-6-4-3-5-7-12/h3-9,13,18H,2,10-11H2,1H3,(H,19,20). The molecule has 2 N–H and O–H groups in total. The van der Waals surface area contributed by atoms with E-state index in [1.807, 2.05) is 37.3 Å². The molecule has 1 aromatic carbocycles. The third-order valence-electron chi connectivity index (χ3n) is 4.45. The van der Waals surface area contributed by atoms with Crippen molar-refractivity contribution in [2.45, 2.75) is 42.7 Å². The minimum Gasteiger partial charge on any atom is -0.480 e. The second-order valence-electron chi connectivity index (χ2n) is 6.08. The van der Waals surface area contributed by atoms with Crippen molar-refractivity contribution in [2.75, 3.05) is 0 Å². The van der Waals surface area contributed by atoms with Crippen molar-refractivity contribution in [2.24, 2.45) is 0 Å². The number of carboxylic acid groups (broad SMARTS) is 1. The molecule has 1 fully saturated rings. The summed E-state index contributed by atoms with van der Waals surface area (Å²) in [5.41, 5.74) is -0.474. The Morgan fingerprint density at radius 3 is 2.46 bits per heavy atom. The van der Waals surface area contributed by atoms with Gasteiger partial charge in [-0.1, -0.05) is 37.3 Å². The molecule has 0 saturated heterocycles. The molecular weight excluding hydrogens is 330 g/mol. The van der Waals surface area contributed by atoms with Gasteiger partial charge < -0.3 is 9.52 Å². The highest BCUT2D eigenvalue weighted by Gasteiger charge is 2.53. The molecule has 1 aliphatic carbocycles. The number of benzene rings is 1. The van der Waals surface area contributed by atoms with Crippen LogP contribution >= 0.6 is 0 Å². The second-order valence-corrected chi connectivity index (χ2v) is 7.70. The van der Waals surface area contributed by atoms with Crippen LogP contribution < -0.4 is 4.72 Å². The number of rotatable bonds is 6. The normalized spacial score (nSPS) is 23.6. The summed E-state index contributed by atoms with van der Waals surface area (Å²) in [4.78, 5) is 11.7. The third kappa shape index (κ3) is 2.97. The van der Waals surface area contributed by atoms with Crippen molar-refractivity contribution in [1.29, 1.82) is 0 Å². The summed E-state index contributed by atoms with van der Waals surface area (Å²) in [6.07, 6.45) is 0.996. The van der Waals surface area contributed by atoms with E-state index >= 15 is 0 Å².